The van der Waals surface area contributed by atoms with Crippen molar-refractivity contribution in [3.63, 3.8) is 0 Å². The minimum atomic E-state index is -0.364. The van der Waals surface area contributed by atoms with Gasteiger partial charge in [0, 0.05) is 25.7 Å². The summed E-state index contributed by atoms with van der Waals surface area (Å²) in [6, 6.07) is 5.71. The van der Waals surface area contributed by atoms with E-state index in [1.807, 2.05) is 44.1 Å². The van der Waals surface area contributed by atoms with Crippen LogP contribution < -0.4 is 9.64 Å². The highest BCUT2D eigenvalue weighted by atomic mass is 16.5. The van der Waals surface area contributed by atoms with Gasteiger partial charge in [-0.2, -0.15) is 0 Å². The van der Waals surface area contributed by atoms with Crippen LogP contribution in [0.25, 0.3) is 10.9 Å². The van der Waals surface area contributed by atoms with Gasteiger partial charge in [-0.1, -0.05) is 12.1 Å². The number of hydrogen-bond donors (Lipinski definition) is 0. The van der Waals surface area contributed by atoms with Crippen molar-refractivity contribution in [2.75, 3.05) is 32.2 Å². The average Bonchev–Trinajstić information content (AvgIpc) is 2.46. The number of ether oxygens (including phenoxy) is 2. The third-order valence-corrected chi connectivity index (χ3v) is 3.07. The summed E-state index contributed by atoms with van der Waals surface area (Å²) < 4.78 is 10.7. The van der Waals surface area contributed by atoms with Crippen molar-refractivity contribution in [3.05, 3.63) is 30.0 Å². The zero-order valence-electron chi connectivity index (χ0n) is 12.8. The van der Waals surface area contributed by atoms with Gasteiger partial charge in [0.1, 0.15) is 16.8 Å². The second-order valence-electron chi connectivity index (χ2n) is 4.72. The van der Waals surface area contributed by atoms with Gasteiger partial charge in [-0.25, -0.2) is 4.79 Å². The molecule has 0 fully saturated rings. The molecule has 1 aromatic heterocycles. The number of benzene rings is 1. The maximum Gasteiger partial charge on any atom is 0.341 e. The first kappa shape index (κ1) is 15.1. The van der Waals surface area contributed by atoms with E-state index >= 15 is 0 Å². The van der Waals surface area contributed by atoms with Crippen LogP contribution in [0.4, 0.5) is 5.69 Å². The minimum absolute atomic E-state index is 0.336. The van der Waals surface area contributed by atoms with E-state index in [2.05, 4.69) is 4.98 Å². The Bertz CT molecular complexity index is 653. The predicted molar refractivity (Wildman–Crippen MR) is 83.2 cm³/mol. The van der Waals surface area contributed by atoms with Gasteiger partial charge in [0.15, 0.2) is 0 Å². The van der Waals surface area contributed by atoms with Crippen LogP contribution in [0.5, 0.6) is 5.75 Å². The van der Waals surface area contributed by atoms with E-state index in [1.165, 1.54) is 0 Å². The van der Waals surface area contributed by atoms with Gasteiger partial charge in [-0.05, 0) is 19.9 Å². The summed E-state index contributed by atoms with van der Waals surface area (Å²) in [5.41, 5.74) is 2.00. The molecule has 0 saturated carbocycles. The molecule has 5 heteroatoms. The quantitative estimate of drug-likeness (QED) is 0.792. The second-order valence-corrected chi connectivity index (χ2v) is 4.72. The van der Waals surface area contributed by atoms with E-state index in [1.54, 1.807) is 13.1 Å². The third-order valence-electron chi connectivity index (χ3n) is 3.07. The highest BCUT2D eigenvalue weighted by Crippen LogP contribution is 2.33. The van der Waals surface area contributed by atoms with Crippen molar-refractivity contribution in [2.24, 2.45) is 0 Å². The van der Waals surface area contributed by atoms with Crippen LogP contribution in [0, 0.1) is 0 Å². The maximum atomic E-state index is 12.1. The fourth-order valence-electron chi connectivity index (χ4n) is 2.29. The first-order valence-electron chi connectivity index (χ1n) is 6.99. The molecule has 1 aromatic carbocycles. The average molecular weight is 288 g/mol. The first-order valence-corrected chi connectivity index (χ1v) is 6.99. The largest absolute Gasteiger partial charge is 0.492 e. The molecular weight excluding hydrogens is 268 g/mol. The Hall–Kier alpha value is -2.30. The molecule has 2 aromatic rings. The Morgan fingerprint density at radius 3 is 2.62 bits per heavy atom. The molecule has 112 valence electrons. The number of carbonyl (C=O) groups is 1. The van der Waals surface area contributed by atoms with Gasteiger partial charge >= 0.3 is 5.97 Å². The number of nitrogens with zero attached hydrogens (tertiary/aromatic N) is 2. The normalized spacial score (nSPS) is 10.5. The molecule has 0 saturated heterocycles. The number of fused-ring (bicyclic) bond motifs is 1. The molecule has 0 radical (unpaired) electrons. The molecular formula is C16H20N2O3. The maximum absolute atomic E-state index is 12.1. The number of rotatable bonds is 5. The number of para-hydroxylation sites is 1. The fourth-order valence-corrected chi connectivity index (χ4v) is 2.29. The fraction of sp³-hybridized carbons (Fsp3) is 0.375. The van der Waals surface area contributed by atoms with Crippen molar-refractivity contribution in [3.8, 4) is 5.75 Å². The highest BCUT2D eigenvalue weighted by molar-refractivity contribution is 6.06. The van der Waals surface area contributed by atoms with Crippen molar-refractivity contribution < 1.29 is 14.3 Å². The summed E-state index contributed by atoms with van der Waals surface area (Å²) in [6.45, 7) is 4.62. The van der Waals surface area contributed by atoms with Crippen LogP contribution in [-0.2, 0) is 4.74 Å². The third kappa shape index (κ3) is 2.91. The number of pyridine rings is 1. The molecule has 0 aliphatic rings. The summed E-state index contributed by atoms with van der Waals surface area (Å²) >= 11 is 0. The van der Waals surface area contributed by atoms with Crippen molar-refractivity contribution >= 4 is 22.6 Å². The van der Waals surface area contributed by atoms with E-state index in [4.69, 9.17) is 9.47 Å². The van der Waals surface area contributed by atoms with Gasteiger partial charge in [0.25, 0.3) is 0 Å². The predicted octanol–water partition coefficient (Wildman–Crippen LogP) is 2.88. The van der Waals surface area contributed by atoms with Crippen LogP contribution in [0.15, 0.2) is 24.4 Å². The summed E-state index contributed by atoms with van der Waals surface area (Å²) in [4.78, 5) is 18.4. The van der Waals surface area contributed by atoms with E-state index < -0.39 is 0 Å². The Morgan fingerprint density at radius 2 is 2.00 bits per heavy atom. The molecule has 0 aliphatic heterocycles. The number of aromatic nitrogens is 1. The van der Waals surface area contributed by atoms with Crippen molar-refractivity contribution in [2.45, 2.75) is 13.8 Å². The number of esters is 1. The van der Waals surface area contributed by atoms with E-state index in [-0.39, 0.29) is 5.97 Å². The summed E-state index contributed by atoms with van der Waals surface area (Å²) in [5, 5.41) is 0.872. The lowest BCUT2D eigenvalue weighted by molar-refractivity contribution is 0.0527. The molecule has 1 heterocycles. The number of carbonyl (C=O) groups excluding carboxylic acids is 1. The lowest BCUT2D eigenvalue weighted by Crippen LogP contribution is -2.16. The number of anilines is 1. The van der Waals surface area contributed by atoms with Gasteiger partial charge < -0.3 is 14.4 Å². The molecule has 0 bridgehead atoms. The molecule has 0 amide bonds. The smallest absolute Gasteiger partial charge is 0.341 e. The minimum Gasteiger partial charge on any atom is -0.492 e. The van der Waals surface area contributed by atoms with Gasteiger partial charge in [0.2, 0.25) is 0 Å². The van der Waals surface area contributed by atoms with Crippen LogP contribution in [-0.4, -0.2) is 38.3 Å². The molecule has 2 rings (SSSR count). The molecule has 21 heavy (non-hydrogen) atoms. The molecule has 0 unspecified atom stereocenters. The van der Waals surface area contributed by atoms with Crippen LogP contribution in [0.2, 0.25) is 0 Å². The Morgan fingerprint density at radius 1 is 1.24 bits per heavy atom. The molecule has 5 nitrogen and oxygen atoms in total. The standard InChI is InChI=1S/C16H20N2O3/c1-5-20-13-9-7-8-11-14(13)17-10-12(15(11)18(3)4)16(19)21-6-2/h7-10H,5-6H2,1-4H3. The Balaban J connectivity index is 2.68. The van der Waals surface area contributed by atoms with Crippen LogP contribution in [0.3, 0.4) is 0 Å². The van der Waals surface area contributed by atoms with Crippen molar-refractivity contribution in [1.82, 2.24) is 4.98 Å². The van der Waals surface area contributed by atoms with E-state index in [0.717, 1.165) is 16.6 Å². The molecule has 0 spiro atoms. The van der Waals surface area contributed by atoms with Gasteiger partial charge in [0.05, 0.1) is 18.9 Å². The van der Waals surface area contributed by atoms with Crippen LogP contribution in [0.1, 0.15) is 24.2 Å². The van der Waals surface area contributed by atoms with E-state index in [9.17, 15) is 4.79 Å². The molecule has 0 N–H and O–H groups in total. The van der Waals surface area contributed by atoms with Gasteiger partial charge in [-0.3, -0.25) is 4.98 Å². The lowest BCUT2D eigenvalue weighted by Gasteiger charge is -2.19. The highest BCUT2D eigenvalue weighted by Gasteiger charge is 2.19. The SMILES string of the molecule is CCOC(=O)c1cnc2c(OCC)cccc2c1N(C)C. The van der Waals surface area contributed by atoms with Gasteiger partial charge in [-0.15, -0.1) is 0 Å². The molecule has 0 aliphatic carbocycles. The Labute approximate surface area is 124 Å². The zero-order chi connectivity index (χ0) is 15.4. The lowest BCUT2D eigenvalue weighted by atomic mass is 10.1. The summed E-state index contributed by atoms with van der Waals surface area (Å²) in [7, 11) is 3.79. The van der Waals surface area contributed by atoms with E-state index in [0.29, 0.717) is 24.5 Å². The summed E-state index contributed by atoms with van der Waals surface area (Å²) in [5.74, 6) is 0.353. The topological polar surface area (TPSA) is 51.7 Å². The van der Waals surface area contributed by atoms with Crippen LogP contribution >= 0.6 is 0 Å². The zero-order valence-corrected chi connectivity index (χ0v) is 12.8. The monoisotopic (exact) mass is 288 g/mol. The molecule has 0 atom stereocenters. The summed E-state index contributed by atoms with van der Waals surface area (Å²) in [6.07, 6.45) is 1.55. The number of hydrogen-bond acceptors (Lipinski definition) is 5. The second kappa shape index (κ2) is 6.43. The Kier molecular flexibility index (Phi) is 4.62. The first-order chi connectivity index (χ1) is 10.1. The van der Waals surface area contributed by atoms with Crippen molar-refractivity contribution in [1.29, 1.82) is 0 Å².